The van der Waals surface area contributed by atoms with Crippen molar-refractivity contribution >= 4 is 32.6 Å². The summed E-state index contributed by atoms with van der Waals surface area (Å²) in [6.07, 6.45) is 0. The van der Waals surface area contributed by atoms with E-state index in [0.29, 0.717) is 0 Å². The van der Waals surface area contributed by atoms with E-state index in [0.717, 1.165) is 3.57 Å². The minimum atomic E-state index is -2.89. The van der Waals surface area contributed by atoms with Gasteiger partial charge in [-0.05, 0) is 0 Å². The van der Waals surface area contributed by atoms with Crippen molar-refractivity contribution < 1.29 is 15.7 Å². The van der Waals surface area contributed by atoms with Crippen molar-refractivity contribution in [2.75, 3.05) is 0 Å². The Bertz CT molecular complexity index is 585. The number of carbonyl (C=O) groups excluding carboxylic acids is 2. The van der Waals surface area contributed by atoms with Crippen LogP contribution in [-0.2, 0) is 21.1 Å². The number of rotatable bonds is 3. The number of hydrogen-bond acceptors (Lipinski definition) is 4. The van der Waals surface area contributed by atoms with E-state index in [1.165, 1.54) is 5.56 Å². The fourth-order valence-electron chi connectivity index (χ4n) is 1.52. The Morgan fingerprint density at radius 2 is 1.08 bits per heavy atom. The zero-order valence-electron chi connectivity index (χ0n) is 16.8. The van der Waals surface area contributed by atoms with Gasteiger partial charge in [0.25, 0.3) is 0 Å². The maximum absolute atomic E-state index is 12.3. The first-order valence-electron chi connectivity index (χ1n) is 8.39. The Hall–Kier alpha value is -1.11. The molecule has 0 aliphatic carbocycles. The monoisotopic (exact) mass is 462 g/mol. The number of benzene rings is 1. The van der Waals surface area contributed by atoms with Gasteiger partial charge in [0.2, 0.25) is 0 Å². The van der Waals surface area contributed by atoms with Crippen LogP contribution in [0.4, 0.5) is 0 Å². The summed E-state index contributed by atoms with van der Waals surface area (Å²) in [5.41, 5.74) is -0.0806. The summed E-state index contributed by atoms with van der Waals surface area (Å²) in [7, 11) is 0. The first kappa shape index (κ1) is 21.9. The van der Waals surface area contributed by atoms with Gasteiger partial charge in [0.15, 0.2) is 0 Å². The first-order valence-corrected chi connectivity index (χ1v) is 11.2. The van der Waals surface area contributed by atoms with Crippen LogP contribution in [0.5, 0.6) is 0 Å². The van der Waals surface area contributed by atoms with Crippen LogP contribution in [0.1, 0.15) is 67.9 Å². The van der Waals surface area contributed by atoms with Crippen LogP contribution >= 0.6 is 20.6 Å². The van der Waals surface area contributed by atoms with E-state index in [-0.39, 0.29) is 17.4 Å². The summed E-state index contributed by atoms with van der Waals surface area (Å²) < 4.78 is 12.1. The molecule has 0 bridgehead atoms. The predicted octanol–water partition coefficient (Wildman–Crippen LogP) is 5.67. The second kappa shape index (κ2) is 7.64. The molecule has 0 spiro atoms. The Labute approximate surface area is 160 Å². The van der Waals surface area contributed by atoms with Crippen molar-refractivity contribution in [2.45, 2.75) is 67.7 Å². The normalized spacial score (nSPS) is 13.2. The molecule has 0 saturated heterocycles. The fourth-order valence-corrected chi connectivity index (χ4v) is 5.11. The van der Waals surface area contributed by atoms with Crippen LogP contribution in [0.15, 0.2) is 24.3 Å². The molecule has 1 aromatic carbocycles. The third-order valence-electron chi connectivity index (χ3n) is 3.39. The summed E-state index contributed by atoms with van der Waals surface area (Å²) in [6, 6.07) is 7.85. The molecule has 142 valence electrons. The molecule has 0 aliphatic rings. The van der Waals surface area contributed by atoms with Crippen LogP contribution in [0.25, 0.3) is 0 Å². The van der Waals surface area contributed by atoms with Crippen molar-refractivity contribution in [1.29, 1.82) is 0 Å². The molecule has 0 fully saturated rings. The van der Waals surface area contributed by atoms with Crippen LogP contribution in [-0.4, -0.2) is 11.9 Å². The number of hydrogen-bond donors (Lipinski definition) is 0. The first-order chi connectivity index (χ1) is 11.1. The Kier molecular flexibility index (Phi) is 6.70. The van der Waals surface area contributed by atoms with Gasteiger partial charge in [0.05, 0.1) is 0 Å². The topological polar surface area (TPSA) is 52.6 Å². The molecule has 1 rings (SSSR count). The molecule has 0 heterocycles. The Balaban J connectivity index is 3.13. The average Bonchev–Trinajstić information content (AvgIpc) is 2.43. The summed E-state index contributed by atoms with van der Waals surface area (Å²) in [6.45, 7) is 17.1. The quantitative estimate of drug-likeness (QED) is 0.544. The van der Waals surface area contributed by atoms with E-state index in [2.05, 4.69) is 20.8 Å². The van der Waals surface area contributed by atoms with Gasteiger partial charge in [-0.25, -0.2) is 0 Å². The molecule has 0 N–H and O–H groups in total. The minimum absolute atomic E-state index is 0.0295. The van der Waals surface area contributed by atoms with Crippen LogP contribution < -0.4 is 0 Å². The van der Waals surface area contributed by atoms with E-state index >= 15 is 0 Å². The van der Waals surface area contributed by atoms with E-state index < -0.39 is 31.5 Å². The molecule has 0 aliphatic heterocycles. The maximum atomic E-state index is 12.3. The summed E-state index contributed by atoms with van der Waals surface area (Å²) >= 11 is -2.89. The van der Waals surface area contributed by atoms with Crippen molar-refractivity contribution in [1.82, 2.24) is 0 Å². The predicted molar refractivity (Wildman–Crippen MR) is 109 cm³/mol. The van der Waals surface area contributed by atoms with Crippen molar-refractivity contribution in [3.63, 3.8) is 0 Å². The van der Waals surface area contributed by atoms with Gasteiger partial charge in [0.1, 0.15) is 0 Å². The fraction of sp³-hybridized carbons (Fsp3) is 0.600. The van der Waals surface area contributed by atoms with Crippen molar-refractivity contribution in [2.24, 2.45) is 10.8 Å². The molecular weight excluding hydrogens is 431 g/mol. The third-order valence-corrected chi connectivity index (χ3v) is 6.73. The second-order valence-corrected chi connectivity index (χ2v) is 12.6. The molecule has 0 radical (unpaired) electrons. The average molecular weight is 462 g/mol. The molecule has 25 heavy (non-hydrogen) atoms. The number of halogens is 1. The molecule has 4 nitrogen and oxygen atoms in total. The standard InChI is InChI=1S/C20H31IO4/c1-18(2,3)14-10-12-15(13-11-14)21(24-16(22)19(4,5)6)25-17(23)20(7,8)9/h10-13H,1-9H3. The Morgan fingerprint density at radius 1 is 0.720 bits per heavy atom. The zero-order chi connectivity index (χ0) is 19.6. The van der Waals surface area contributed by atoms with Gasteiger partial charge in [-0.1, -0.05) is 0 Å². The summed E-state index contributed by atoms with van der Waals surface area (Å²) in [5.74, 6) is -0.696. The molecule has 0 saturated carbocycles. The summed E-state index contributed by atoms with van der Waals surface area (Å²) in [4.78, 5) is 24.7. The molecule has 1 aromatic rings. The van der Waals surface area contributed by atoms with Gasteiger partial charge in [-0.3, -0.25) is 0 Å². The van der Waals surface area contributed by atoms with Crippen LogP contribution in [0.3, 0.4) is 0 Å². The molecular formula is C20H31IO4. The van der Waals surface area contributed by atoms with Gasteiger partial charge in [-0.2, -0.15) is 0 Å². The van der Waals surface area contributed by atoms with Gasteiger partial charge < -0.3 is 0 Å². The van der Waals surface area contributed by atoms with Crippen molar-refractivity contribution in [3.05, 3.63) is 33.4 Å². The van der Waals surface area contributed by atoms with E-state index in [1.54, 1.807) is 41.5 Å². The van der Waals surface area contributed by atoms with E-state index in [9.17, 15) is 9.59 Å². The number of carbonyl (C=O) groups is 2. The zero-order valence-corrected chi connectivity index (χ0v) is 19.0. The molecule has 0 unspecified atom stereocenters. The van der Waals surface area contributed by atoms with Crippen LogP contribution in [0, 0.1) is 14.4 Å². The van der Waals surface area contributed by atoms with Gasteiger partial charge in [0, 0.05) is 0 Å². The van der Waals surface area contributed by atoms with E-state index in [1.807, 2.05) is 24.3 Å². The molecule has 0 atom stereocenters. The van der Waals surface area contributed by atoms with Gasteiger partial charge >= 0.3 is 160 Å². The van der Waals surface area contributed by atoms with Crippen molar-refractivity contribution in [3.8, 4) is 0 Å². The SMILES string of the molecule is CC(C)(C)C(=O)OI(OC(=O)C(C)(C)C)c1ccc(C(C)(C)C)cc1. The van der Waals surface area contributed by atoms with Gasteiger partial charge in [-0.15, -0.1) is 0 Å². The summed E-state index contributed by atoms with van der Waals surface area (Å²) in [5, 5.41) is 0. The molecule has 0 amide bonds. The van der Waals surface area contributed by atoms with E-state index in [4.69, 9.17) is 6.13 Å². The molecule has 5 heteroatoms. The Morgan fingerprint density at radius 3 is 1.36 bits per heavy atom. The van der Waals surface area contributed by atoms with Crippen LogP contribution in [0.2, 0.25) is 0 Å². The third kappa shape index (κ3) is 6.60. The second-order valence-electron chi connectivity index (χ2n) is 9.20. The molecule has 0 aromatic heterocycles.